The highest BCUT2D eigenvalue weighted by Gasteiger charge is 2.13. The van der Waals surface area contributed by atoms with Crippen molar-refractivity contribution < 1.29 is 14.8 Å². The number of carboxylic acids is 1. The zero-order valence-corrected chi connectivity index (χ0v) is 12.0. The number of hydrogen-bond acceptors (Lipinski definition) is 5. The average Bonchev–Trinajstić information content (AvgIpc) is 2.44. The van der Waals surface area contributed by atoms with Gasteiger partial charge in [0, 0.05) is 12.3 Å². The van der Waals surface area contributed by atoms with Crippen LogP contribution in [0.4, 0.5) is 5.69 Å². The van der Waals surface area contributed by atoms with Crippen molar-refractivity contribution in [2.75, 3.05) is 0 Å². The van der Waals surface area contributed by atoms with Gasteiger partial charge in [0.2, 0.25) is 0 Å². The molecule has 2 rings (SSSR count). The Hall–Kier alpha value is -2.55. The van der Waals surface area contributed by atoms with Gasteiger partial charge in [-0.05, 0) is 28.1 Å². The third kappa shape index (κ3) is 3.31. The van der Waals surface area contributed by atoms with Crippen molar-refractivity contribution in [3.63, 3.8) is 0 Å². The molecule has 0 saturated heterocycles. The molecule has 0 spiro atoms. The highest BCUT2D eigenvalue weighted by atomic mass is 79.9. The molecule has 0 saturated carbocycles. The SMILES string of the molecule is O=C(O)c1ccc(Cn2cc([N+](=O)[O-])cc(Br)c2=O)nc1. The van der Waals surface area contributed by atoms with Gasteiger partial charge in [-0.1, -0.05) is 0 Å². The second-order valence-corrected chi connectivity index (χ2v) is 4.93. The van der Waals surface area contributed by atoms with Crippen molar-refractivity contribution in [3.8, 4) is 0 Å². The monoisotopic (exact) mass is 353 g/mol. The van der Waals surface area contributed by atoms with Gasteiger partial charge in [0.25, 0.3) is 11.2 Å². The molecule has 1 N–H and O–H groups in total. The predicted octanol–water partition coefficient (Wildman–Crippen LogP) is 1.66. The molecule has 0 aliphatic heterocycles. The Morgan fingerprint density at radius 2 is 2.19 bits per heavy atom. The van der Waals surface area contributed by atoms with Crippen LogP contribution >= 0.6 is 15.9 Å². The highest BCUT2D eigenvalue weighted by molar-refractivity contribution is 9.10. The van der Waals surface area contributed by atoms with Gasteiger partial charge >= 0.3 is 5.97 Å². The fraction of sp³-hybridized carbons (Fsp3) is 0.0833. The molecule has 0 fully saturated rings. The Kier molecular flexibility index (Phi) is 4.13. The van der Waals surface area contributed by atoms with E-state index in [0.29, 0.717) is 5.69 Å². The Morgan fingerprint density at radius 3 is 2.71 bits per heavy atom. The second-order valence-electron chi connectivity index (χ2n) is 4.08. The minimum Gasteiger partial charge on any atom is -0.478 e. The highest BCUT2D eigenvalue weighted by Crippen LogP contribution is 2.14. The summed E-state index contributed by atoms with van der Waals surface area (Å²) in [5.41, 5.74) is -0.242. The number of nitrogens with zero attached hydrogens (tertiary/aromatic N) is 3. The maximum Gasteiger partial charge on any atom is 0.337 e. The van der Waals surface area contributed by atoms with Gasteiger partial charge in [-0.25, -0.2) is 4.79 Å². The van der Waals surface area contributed by atoms with Crippen LogP contribution in [0.25, 0.3) is 0 Å². The minimum atomic E-state index is -1.11. The van der Waals surface area contributed by atoms with Crippen LogP contribution in [0.15, 0.2) is 39.9 Å². The molecular formula is C12H8BrN3O5. The molecule has 108 valence electrons. The summed E-state index contributed by atoms with van der Waals surface area (Å²) in [7, 11) is 0. The number of rotatable bonds is 4. The van der Waals surface area contributed by atoms with Gasteiger partial charge < -0.3 is 9.67 Å². The lowest BCUT2D eigenvalue weighted by Gasteiger charge is -2.06. The number of halogens is 1. The number of aromatic carboxylic acids is 1. The first-order valence-electron chi connectivity index (χ1n) is 5.61. The van der Waals surface area contributed by atoms with Crippen molar-refractivity contribution in [1.82, 2.24) is 9.55 Å². The molecule has 0 bridgehead atoms. The molecule has 2 aromatic heterocycles. The molecule has 2 heterocycles. The molecule has 0 aliphatic carbocycles. The van der Waals surface area contributed by atoms with Crippen molar-refractivity contribution in [3.05, 3.63) is 66.8 Å². The maximum absolute atomic E-state index is 11.9. The zero-order chi connectivity index (χ0) is 15.6. The van der Waals surface area contributed by atoms with Gasteiger partial charge in [0.05, 0.1) is 33.4 Å². The smallest absolute Gasteiger partial charge is 0.337 e. The van der Waals surface area contributed by atoms with Crippen molar-refractivity contribution in [1.29, 1.82) is 0 Å². The van der Waals surface area contributed by atoms with E-state index in [1.165, 1.54) is 12.1 Å². The van der Waals surface area contributed by atoms with Crippen LogP contribution in [0.1, 0.15) is 16.1 Å². The molecule has 0 unspecified atom stereocenters. The molecule has 2 aromatic rings. The third-order valence-electron chi connectivity index (χ3n) is 2.64. The lowest BCUT2D eigenvalue weighted by Crippen LogP contribution is -2.21. The van der Waals surface area contributed by atoms with E-state index in [0.717, 1.165) is 23.0 Å². The van der Waals surface area contributed by atoms with Crippen molar-refractivity contribution in [2.24, 2.45) is 0 Å². The van der Waals surface area contributed by atoms with Crippen molar-refractivity contribution in [2.45, 2.75) is 6.54 Å². The van der Waals surface area contributed by atoms with Gasteiger partial charge in [-0.15, -0.1) is 0 Å². The number of carbonyl (C=O) groups is 1. The largest absolute Gasteiger partial charge is 0.478 e. The summed E-state index contributed by atoms with van der Waals surface area (Å²) in [6.07, 6.45) is 2.27. The van der Waals surface area contributed by atoms with E-state index in [-0.39, 0.29) is 22.3 Å². The number of pyridine rings is 2. The van der Waals surface area contributed by atoms with E-state index >= 15 is 0 Å². The van der Waals surface area contributed by atoms with Crippen LogP contribution in [-0.2, 0) is 6.54 Å². The maximum atomic E-state index is 11.9. The molecular weight excluding hydrogens is 346 g/mol. The first kappa shape index (κ1) is 14.9. The first-order valence-corrected chi connectivity index (χ1v) is 6.40. The van der Waals surface area contributed by atoms with Gasteiger partial charge in [0.15, 0.2) is 0 Å². The summed E-state index contributed by atoms with van der Waals surface area (Å²) in [5.74, 6) is -1.11. The topological polar surface area (TPSA) is 115 Å². The normalized spacial score (nSPS) is 10.3. The summed E-state index contributed by atoms with van der Waals surface area (Å²) in [6, 6.07) is 3.92. The Bertz CT molecular complexity index is 769. The van der Waals surface area contributed by atoms with Gasteiger partial charge in [0.1, 0.15) is 0 Å². The van der Waals surface area contributed by atoms with Gasteiger partial charge in [-0.2, -0.15) is 0 Å². The lowest BCUT2D eigenvalue weighted by molar-refractivity contribution is -0.385. The van der Waals surface area contributed by atoms with Crippen LogP contribution in [0, 0.1) is 10.1 Å². The lowest BCUT2D eigenvalue weighted by atomic mass is 10.2. The second kappa shape index (κ2) is 5.83. The molecule has 0 aliphatic rings. The minimum absolute atomic E-state index is 0.000980. The molecule has 21 heavy (non-hydrogen) atoms. The Balaban J connectivity index is 2.37. The van der Waals surface area contributed by atoms with Crippen LogP contribution in [-0.4, -0.2) is 25.6 Å². The van der Waals surface area contributed by atoms with Crippen LogP contribution in [0.3, 0.4) is 0 Å². The molecule has 0 amide bonds. The molecule has 9 heteroatoms. The summed E-state index contributed by atoms with van der Waals surface area (Å²) in [4.78, 5) is 36.7. The van der Waals surface area contributed by atoms with E-state index in [9.17, 15) is 19.7 Å². The predicted molar refractivity (Wildman–Crippen MR) is 75.4 cm³/mol. The van der Waals surface area contributed by atoms with E-state index in [4.69, 9.17) is 5.11 Å². The standard InChI is InChI=1S/C12H8BrN3O5/c13-10-3-9(16(20)21)6-15(11(10)17)5-8-2-1-7(4-14-8)12(18)19/h1-4,6H,5H2,(H,18,19). The number of aromatic nitrogens is 2. The summed E-state index contributed by atoms with van der Waals surface area (Å²) < 4.78 is 1.20. The van der Waals surface area contributed by atoms with Gasteiger partial charge in [-0.3, -0.25) is 19.9 Å². The van der Waals surface area contributed by atoms with E-state index < -0.39 is 16.5 Å². The fourth-order valence-corrected chi connectivity index (χ4v) is 2.08. The first-order chi connectivity index (χ1) is 9.88. The molecule has 0 aromatic carbocycles. The number of nitro groups is 1. The summed E-state index contributed by atoms with van der Waals surface area (Å²) in [5, 5.41) is 19.5. The fourth-order valence-electron chi connectivity index (χ4n) is 1.62. The van der Waals surface area contributed by atoms with E-state index in [1.54, 1.807) is 0 Å². The number of carboxylic acid groups (broad SMARTS) is 1. The molecule has 8 nitrogen and oxygen atoms in total. The zero-order valence-electron chi connectivity index (χ0n) is 10.4. The van der Waals surface area contributed by atoms with Crippen molar-refractivity contribution >= 4 is 27.6 Å². The summed E-state index contributed by atoms with van der Waals surface area (Å²) >= 11 is 2.97. The van der Waals surface area contributed by atoms with Crippen LogP contribution < -0.4 is 5.56 Å². The van der Waals surface area contributed by atoms with E-state index in [1.807, 2.05) is 0 Å². The third-order valence-corrected chi connectivity index (χ3v) is 3.21. The quantitative estimate of drug-likeness (QED) is 0.660. The molecule has 0 atom stereocenters. The average molecular weight is 354 g/mol. The summed E-state index contributed by atoms with van der Waals surface area (Å²) in [6.45, 7) is -0.000980. The van der Waals surface area contributed by atoms with Crippen LogP contribution in [0.2, 0.25) is 0 Å². The van der Waals surface area contributed by atoms with Crippen LogP contribution in [0.5, 0.6) is 0 Å². The number of hydrogen-bond donors (Lipinski definition) is 1. The Labute approximate surface area is 126 Å². The Morgan fingerprint density at radius 1 is 1.48 bits per heavy atom. The molecule has 0 radical (unpaired) electrons. The van der Waals surface area contributed by atoms with E-state index in [2.05, 4.69) is 20.9 Å².